The maximum atomic E-state index is 12.3. The van der Waals surface area contributed by atoms with Crippen LogP contribution in [-0.4, -0.2) is 33.1 Å². The lowest BCUT2D eigenvalue weighted by molar-refractivity contribution is -0.128. The highest BCUT2D eigenvalue weighted by Crippen LogP contribution is 2.21. The Morgan fingerprint density at radius 2 is 2.00 bits per heavy atom. The topological polar surface area (TPSA) is 98.5 Å². The zero-order chi connectivity index (χ0) is 17.0. The third kappa shape index (κ3) is 4.53. The SMILES string of the molecule is CC[C@H](C)c1ccc(S(=O)(=O)NC[C@H]2CC[C@H](C(N)=O)O2)cc1. The molecule has 0 aromatic heterocycles. The quantitative estimate of drug-likeness (QED) is 0.786. The molecule has 1 aliphatic heterocycles. The van der Waals surface area contributed by atoms with E-state index < -0.39 is 22.0 Å². The van der Waals surface area contributed by atoms with Crippen LogP contribution < -0.4 is 10.5 Å². The third-order valence-electron chi connectivity index (χ3n) is 4.30. The van der Waals surface area contributed by atoms with Crippen molar-refractivity contribution in [3.63, 3.8) is 0 Å². The van der Waals surface area contributed by atoms with Gasteiger partial charge in [0.1, 0.15) is 6.10 Å². The van der Waals surface area contributed by atoms with Crippen LogP contribution in [0, 0.1) is 0 Å². The van der Waals surface area contributed by atoms with Crippen molar-refractivity contribution in [1.29, 1.82) is 0 Å². The highest BCUT2D eigenvalue weighted by atomic mass is 32.2. The molecule has 1 saturated heterocycles. The van der Waals surface area contributed by atoms with Gasteiger partial charge in [0.2, 0.25) is 15.9 Å². The van der Waals surface area contributed by atoms with E-state index in [-0.39, 0.29) is 17.5 Å². The van der Waals surface area contributed by atoms with Crippen molar-refractivity contribution in [2.75, 3.05) is 6.54 Å². The first-order valence-corrected chi connectivity index (χ1v) is 9.36. The Labute approximate surface area is 137 Å². The van der Waals surface area contributed by atoms with Crippen LogP contribution in [0.3, 0.4) is 0 Å². The number of amides is 1. The van der Waals surface area contributed by atoms with Gasteiger partial charge in [0, 0.05) is 6.54 Å². The predicted molar refractivity (Wildman–Crippen MR) is 87.4 cm³/mol. The Bertz CT molecular complexity index is 643. The van der Waals surface area contributed by atoms with Crippen molar-refractivity contribution in [1.82, 2.24) is 4.72 Å². The normalized spacial score (nSPS) is 22.9. The molecule has 0 aliphatic carbocycles. The molecule has 2 rings (SSSR count). The lowest BCUT2D eigenvalue weighted by Gasteiger charge is -2.14. The predicted octanol–water partition coefficient (Wildman–Crippen LogP) is 1.51. The summed E-state index contributed by atoms with van der Waals surface area (Å²) in [5.41, 5.74) is 6.30. The van der Waals surface area contributed by atoms with Crippen molar-refractivity contribution in [3.8, 4) is 0 Å². The van der Waals surface area contributed by atoms with Crippen molar-refractivity contribution in [2.24, 2.45) is 5.73 Å². The lowest BCUT2D eigenvalue weighted by atomic mass is 9.99. The fourth-order valence-electron chi connectivity index (χ4n) is 2.56. The van der Waals surface area contributed by atoms with Crippen LogP contribution in [0.2, 0.25) is 0 Å². The summed E-state index contributed by atoms with van der Waals surface area (Å²) >= 11 is 0. The van der Waals surface area contributed by atoms with Crippen LogP contribution in [0.4, 0.5) is 0 Å². The van der Waals surface area contributed by atoms with Crippen molar-refractivity contribution in [3.05, 3.63) is 29.8 Å². The van der Waals surface area contributed by atoms with E-state index in [1.165, 1.54) is 0 Å². The summed E-state index contributed by atoms with van der Waals surface area (Å²) in [7, 11) is -3.58. The molecular weight excluding hydrogens is 316 g/mol. The molecule has 6 nitrogen and oxygen atoms in total. The van der Waals surface area contributed by atoms with Gasteiger partial charge in [-0.15, -0.1) is 0 Å². The molecule has 0 unspecified atom stereocenters. The number of hydrogen-bond donors (Lipinski definition) is 2. The van der Waals surface area contributed by atoms with Crippen LogP contribution in [0.25, 0.3) is 0 Å². The number of carbonyl (C=O) groups excluding carboxylic acids is 1. The minimum Gasteiger partial charge on any atom is -0.367 e. The zero-order valence-electron chi connectivity index (χ0n) is 13.5. The van der Waals surface area contributed by atoms with Gasteiger partial charge >= 0.3 is 0 Å². The van der Waals surface area contributed by atoms with Crippen molar-refractivity contribution < 1.29 is 17.9 Å². The summed E-state index contributed by atoms with van der Waals surface area (Å²) < 4.78 is 32.5. The fraction of sp³-hybridized carbons (Fsp3) is 0.562. The number of primary amides is 1. The second-order valence-electron chi connectivity index (χ2n) is 5.96. The monoisotopic (exact) mass is 340 g/mol. The molecule has 23 heavy (non-hydrogen) atoms. The number of sulfonamides is 1. The summed E-state index contributed by atoms with van der Waals surface area (Å²) in [5, 5.41) is 0. The highest BCUT2D eigenvalue weighted by molar-refractivity contribution is 7.89. The number of rotatable bonds is 7. The summed E-state index contributed by atoms with van der Waals surface area (Å²) in [6.45, 7) is 4.34. The molecule has 1 heterocycles. The molecule has 1 aromatic carbocycles. The van der Waals surface area contributed by atoms with Gasteiger partial charge < -0.3 is 10.5 Å². The van der Waals surface area contributed by atoms with Crippen molar-refractivity contribution in [2.45, 2.75) is 56.1 Å². The van der Waals surface area contributed by atoms with E-state index >= 15 is 0 Å². The Hall–Kier alpha value is -1.44. The summed E-state index contributed by atoms with van der Waals surface area (Å²) in [6, 6.07) is 6.92. The van der Waals surface area contributed by atoms with Crippen molar-refractivity contribution >= 4 is 15.9 Å². The zero-order valence-corrected chi connectivity index (χ0v) is 14.3. The molecule has 128 valence electrons. The van der Waals surface area contributed by atoms with Gasteiger partial charge in [-0.3, -0.25) is 4.79 Å². The van der Waals surface area contributed by atoms with Crippen LogP contribution in [0.5, 0.6) is 0 Å². The van der Waals surface area contributed by atoms with E-state index in [4.69, 9.17) is 10.5 Å². The summed E-state index contributed by atoms with van der Waals surface area (Å²) in [5.74, 6) is -0.103. The van der Waals surface area contributed by atoms with Crippen LogP contribution in [0.1, 0.15) is 44.6 Å². The molecule has 1 aliphatic rings. The molecule has 1 fully saturated rings. The third-order valence-corrected chi connectivity index (χ3v) is 5.74. The molecule has 1 amide bonds. The first-order valence-electron chi connectivity index (χ1n) is 7.88. The van der Waals surface area contributed by atoms with Gasteiger partial charge in [-0.2, -0.15) is 0 Å². The number of carbonyl (C=O) groups is 1. The molecule has 1 aromatic rings. The smallest absolute Gasteiger partial charge is 0.246 e. The van der Waals surface area contributed by atoms with Gasteiger partial charge in [-0.05, 0) is 42.9 Å². The molecule has 0 bridgehead atoms. The van der Waals surface area contributed by atoms with E-state index in [1.807, 2.05) is 12.1 Å². The van der Waals surface area contributed by atoms with Crippen LogP contribution in [0.15, 0.2) is 29.2 Å². The summed E-state index contributed by atoms with van der Waals surface area (Å²) in [4.78, 5) is 11.3. The standard InChI is InChI=1S/C16H24N2O4S/c1-3-11(2)12-4-7-14(8-5-12)23(20,21)18-10-13-6-9-15(22-13)16(17)19/h4-5,7-8,11,13,15,18H,3,6,9-10H2,1-2H3,(H2,17,19)/t11-,13+,15+/m0/s1. The molecule has 3 N–H and O–H groups in total. The van der Waals surface area contributed by atoms with Gasteiger partial charge in [0.05, 0.1) is 11.0 Å². The number of benzene rings is 1. The van der Waals surface area contributed by atoms with Crippen LogP contribution in [-0.2, 0) is 19.6 Å². The second-order valence-corrected chi connectivity index (χ2v) is 7.72. The molecule has 0 spiro atoms. The Kier molecular flexibility index (Phi) is 5.78. The first-order chi connectivity index (χ1) is 10.8. The minimum absolute atomic E-state index is 0.138. The number of nitrogens with two attached hydrogens (primary N) is 1. The largest absolute Gasteiger partial charge is 0.367 e. The minimum atomic E-state index is -3.58. The second kappa shape index (κ2) is 7.42. The average molecular weight is 340 g/mol. The molecule has 3 atom stereocenters. The maximum absolute atomic E-state index is 12.3. The fourth-order valence-corrected chi connectivity index (χ4v) is 3.63. The Balaban J connectivity index is 1.95. The van der Waals surface area contributed by atoms with Crippen LogP contribution >= 0.6 is 0 Å². The number of hydrogen-bond acceptors (Lipinski definition) is 4. The Morgan fingerprint density at radius 3 is 2.52 bits per heavy atom. The molecule has 0 saturated carbocycles. The Morgan fingerprint density at radius 1 is 1.35 bits per heavy atom. The van der Waals surface area contributed by atoms with Gasteiger partial charge in [-0.1, -0.05) is 26.0 Å². The van der Waals surface area contributed by atoms with E-state index in [9.17, 15) is 13.2 Å². The van der Waals surface area contributed by atoms with Gasteiger partial charge in [0.15, 0.2) is 0 Å². The average Bonchev–Trinajstić information content (AvgIpc) is 3.02. The number of nitrogens with one attached hydrogen (secondary N) is 1. The van der Waals surface area contributed by atoms with E-state index in [0.29, 0.717) is 18.8 Å². The van der Waals surface area contributed by atoms with Gasteiger partial charge in [0.25, 0.3) is 0 Å². The maximum Gasteiger partial charge on any atom is 0.246 e. The molecular formula is C16H24N2O4S. The van der Waals surface area contributed by atoms with Gasteiger partial charge in [-0.25, -0.2) is 13.1 Å². The number of ether oxygens (including phenoxy) is 1. The lowest BCUT2D eigenvalue weighted by Crippen LogP contribution is -2.34. The highest BCUT2D eigenvalue weighted by Gasteiger charge is 2.30. The van der Waals surface area contributed by atoms with E-state index in [1.54, 1.807) is 12.1 Å². The van der Waals surface area contributed by atoms with E-state index in [0.717, 1.165) is 12.0 Å². The summed E-state index contributed by atoms with van der Waals surface area (Å²) in [6.07, 6.45) is 1.22. The van der Waals surface area contributed by atoms with E-state index in [2.05, 4.69) is 18.6 Å². The molecule has 7 heteroatoms. The first kappa shape index (κ1) is 17.9. The molecule has 0 radical (unpaired) electrons.